The average molecular weight is 720 g/mol. The number of ether oxygens (including phenoxy) is 2. The smallest absolute Gasteiger partial charge is 0.323 e. The maximum absolute atomic E-state index is 14.4. The molecule has 0 saturated heterocycles. The van der Waals surface area contributed by atoms with Crippen molar-refractivity contribution in [3.05, 3.63) is 64.5 Å². The van der Waals surface area contributed by atoms with E-state index in [9.17, 15) is 23.1 Å². The topological polar surface area (TPSA) is 164 Å². The Morgan fingerprint density at radius 3 is 2.51 bits per heavy atom. The van der Waals surface area contributed by atoms with Crippen LogP contribution in [0.4, 0.5) is 16.2 Å². The predicted octanol–water partition coefficient (Wildman–Crippen LogP) is 5.71. The minimum absolute atomic E-state index is 0.0338. The molecule has 1 aromatic heterocycles. The van der Waals surface area contributed by atoms with Gasteiger partial charge >= 0.3 is 6.03 Å². The largest absolute Gasteiger partial charge is 0.490 e. The summed E-state index contributed by atoms with van der Waals surface area (Å²) < 4.78 is 45.8. The van der Waals surface area contributed by atoms with Crippen LogP contribution in [0, 0.1) is 19.8 Å². The highest BCUT2D eigenvalue weighted by molar-refractivity contribution is 7.89. The summed E-state index contributed by atoms with van der Waals surface area (Å²) in [4.78, 5) is 28.9. The van der Waals surface area contributed by atoms with E-state index in [1.807, 2.05) is 13.8 Å². The Labute approximate surface area is 292 Å². The molecule has 1 aliphatic rings. The Bertz CT molecular complexity index is 1680. The van der Waals surface area contributed by atoms with Gasteiger partial charge in [0.1, 0.15) is 17.1 Å². The quantitative estimate of drug-likeness (QED) is 0.265. The Morgan fingerprint density at radius 1 is 1.14 bits per heavy atom. The van der Waals surface area contributed by atoms with Crippen molar-refractivity contribution >= 4 is 44.9 Å². The number of carbonyl (C=O) groups is 2. The molecule has 3 N–H and O–H groups in total. The summed E-state index contributed by atoms with van der Waals surface area (Å²) in [6.45, 7) is 9.16. The summed E-state index contributed by atoms with van der Waals surface area (Å²) in [5.74, 6) is 0.0151. The van der Waals surface area contributed by atoms with Crippen LogP contribution in [-0.2, 0) is 14.8 Å². The zero-order valence-electron chi connectivity index (χ0n) is 28.7. The van der Waals surface area contributed by atoms with Gasteiger partial charge in [0, 0.05) is 43.4 Å². The third kappa shape index (κ3) is 9.73. The Morgan fingerprint density at radius 2 is 1.86 bits per heavy atom. The number of fused-ring (bicyclic) bond motifs is 1. The number of anilines is 2. The lowest BCUT2D eigenvalue weighted by molar-refractivity contribution is -0.00833. The molecule has 0 fully saturated rings. The first-order valence-electron chi connectivity index (χ1n) is 16.3. The molecule has 3 amide bonds. The third-order valence-corrected chi connectivity index (χ3v) is 10.6. The fourth-order valence-corrected chi connectivity index (χ4v) is 6.85. The summed E-state index contributed by atoms with van der Waals surface area (Å²) in [7, 11) is -2.36. The molecular weight excluding hydrogens is 674 g/mol. The molecule has 2 aromatic carbocycles. The van der Waals surface area contributed by atoms with E-state index in [-0.39, 0.29) is 42.2 Å². The highest BCUT2D eigenvalue weighted by Crippen LogP contribution is 2.29. The van der Waals surface area contributed by atoms with Gasteiger partial charge in [-0.1, -0.05) is 23.7 Å². The van der Waals surface area contributed by atoms with Gasteiger partial charge in [0.25, 0.3) is 5.91 Å². The van der Waals surface area contributed by atoms with Crippen molar-refractivity contribution in [1.82, 2.24) is 14.4 Å². The van der Waals surface area contributed by atoms with Crippen LogP contribution in [0.1, 0.15) is 61.8 Å². The Hall–Kier alpha value is -3.69. The number of benzene rings is 2. The fourth-order valence-electron chi connectivity index (χ4n) is 5.54. The Balaban J connectivity index is 1.63. The van der Waals surface area contributed by atoms with Crippen molar-refractivity contribution in [3.63, 3.8) is 0 Å². The summed E-state index contributed by atoms with van der Waals surface area (Å²) >= 11 is 5.98. The van der Waals surface area contributed by atoms with Gasteiger partial charge in [-0.15, -0.1) is 0 Å². The number of hydrogen-bond donors (Lipinski definition) is 3. The van der Waals surface area contributed by atoms with E-state index in [0.29, 0.717) is 46.6 Å². The molecule has 0 bridgehead atoms. The van der Waals surface area contributed by atoms with Gasteiger partial charge < -0.3 is 34.6 Å². The first-order valence-corrected chi connectivity index (χ1v) is 18.1. The number of likely N-dealkylation sites (N-methyl/N-ethyl adjacent to an activating group) is 1. The average Bonchev–Trinajstić information content (AvgIpc) is 3.38. The SMILES string of the molecule is Cc1noc(C)c1NC(=O)Nc1ccc2c(c1)C(=O)N([C@H](C)CO)C[C@H](C)[C@H](CN(C)S(=O)(=O)c1ccc(Cl)cc1)OCCCC[C@H](C)O2. The summed E-state index contributed by atoms with van der Waals surface area (Å²) in [5, 5.41) is 20.0. The number of carbonyl (C=O) groups excluding carboxylic acids is 2. The van der Waals surface area contributed by atoms with Crippen molar-refractivity contribution in [2.45, 2.75) is 77.0 Å². The predicted molar refractivity (Wildman–Crippen MR) is 187 cm³/mol. The third-order valence-electron chi connectivity index (χ3n) is 8.54. The lowest BCUT2D eigenvalue weighted by Gasteiger charge is -2.35. The maximum Gasteiger partial charge on any atom is 0.323 e. The second-order valence-corrected chi connectivity index (χ2v) is 15.0. The highest BCUT2D eigenvalue weighted by Gasteiger charge is 2.32. The number of nitrogens with one attached hydrogen (secondary N) is 2. The number of nitrogens with zero attached hydrogens (tertiary/aromatic N) is 3. The van der Waals surface area contributed by atoms with E-state index in [4.69, 9.17) is 25.6 Å². The van der Waals surface area contributed by atoms with Gasteiger partial charge in [-0.2, -0.15) is 4.31 Å². The number of urea groups is 1. The van der Waals surface area contributed by atoms with Crippen molar-refractivity contribution in [3.8, 4) is 5.75 Å². The highest BCUT2D eigenvalue weighted by atomic mass is 35.5. The lowest BCUT2D eigenvalue weighted by Crippen LogP contribution is -2.48. The first kappa shape index (κ1) is 38.1. The molecule has 0 spiro atoms. The van der Waals surface area contributed by atoms with Crippen LogP contribution in [0.5, 0.6) is 5.75 Å². The zero-order chi connectivity index (χ0) is 35.9. The number of aliphatic hydroxyl groups excluding tert-OH is 1. The van der Waals surface area contributed by atoms with E-state index in [1.54, 1.807) is 39.0 Å². The molecule has 0 aliphatic carbocycles. The number of rotatable bonds is 8. The number of hydrogen-bond acceptors (Lipinski definition) is 9. The number of halogens is 1. The maximum atomic E-state index is 14.4. The molecule has 4 atom stereocenters. The van der Waals surface area contributed by atoms with Crippen molar-refractivity contribution in [2.75, 3.05) is 44.0 Å². The number of aromatic nitrogens is 1. The van der Waals surface area contributed by atoms with Crippen LogP contribution >= 0.6 is 11.6 Å². The number of amides is 3. The minimum Gasteiger partial charge on any atom is -0.490 e. The standard InChI is InChI=1S/C34H46ClN5O8S/c1-21-18-40(22(2)20-41)33(42)29-17-27(36-34(43)37-32-24(4)38-48-25(32)5)12-15-30(29)47-23(3)9-7-8-16-46-31(21)19-39(6)49(44,45)28-13-10-26(35)11-14-28/h10-15,17,21-23,31,41H,7-9,16,18-20H2,1-6H3,(H2,36,37,43)/t21-,22+,23-,31-/m0/s1. The van der Waals surface area contributed by atoms with Gasteiger partial charge in [0.15, 0.2) is 5.76 Å². The molecule has 1 aliphatic heterocycles. The molecule has 15 heteroatoms. The molecule has 49 heavy (non-hydrogen) atoms. The summed E-state index contributed by atoms with van der Waals surface area (Å²) in [6, 6.07) is 9.65. The number of sulfonamides is 1. The second-order valence-electron chi connectivity index (χ2n) is 12.5. The van der Waals surface area contributed by atoms with E-state index >= 15 is 0 Å². The molecule has 13 nitrogen and oxygen atoms in total. The molecule has 0 radical (unpaired) electrons. The van der Waals surface area contributed by atoms with Crippen LogP contribution < -0.4 is 15.4 Å². The van der Waals surface area contributed by atoms with Gasteiger partial charge in [-0.25, -0.2) is 13.2 Å². The van der Waals surface area contributed by atoms with Crippen LogP contribution in [0.25, 0.3) is 0 Å². The van der Waals surface area contributed by atoms with Gasteiger partial charge in [-0.05, 0) is 89.4 Å². The number of aryl methyl sites for hydroxylation is 2. The molecule has 3 aromatic rings. The van der Waals surface area contributed by atoms with Crippen molar-refractivity contribution in [1.29, 1.82) is 0 Å². The monoisotopic (exact) mass is 719 g/mol. The van der Waals surface area contributed by atoms with Gasteiger partial charge in [0.05, 0.1) is 35.3 Å². The molecular formula is C34H46ClN5O8S. The molecule has 4 rings (SSSR count). The molecule has 2 heterocycles. The molecule has 268 valence electrons. The van der Waals surface area contributed by atoms with Crippen molar-refractivity contribution < 1.29 is 37.1 Å². The summed E-state index contributed by atoms with van der Waals surface area (Å²) in [5.41, 5.74) is 1.51. The van der Waals surface area contributed by atoms with E-state index in [0.717, 1.165) is 12.8 Å². The number of aliphatic hydroxyl groups is 1. The Kier molecular flexibility index (Phi) is 13.1. The van der Waals surface area contributed by atoms with Crippen molar-refractivity contribution in [2.24, 2.45) is 5.92 Å². The lowest BCUT2D eigenvalue weighted by atomic mass is 10.0. The zero-order valence-corrected chi connectivity index (χ0v) is 30.3. The van der Waals surface area contributed by atoms with E-state index < -0.39 is 34.1 Å². The fraction of sp³-hybridized carbons (Fsp3) is 0.500. The first-order chi connectivity index (χ1) is 23.2. The minimum atomic E-state index is -3.86. The van der Waals surface area contributed by atoms with Crippen LogP contribution in [-0.4, -0.2) is 91.4 Å². The van der Waals surface area contributed by atoms with Gasteiger partial charge in [0.2, 0.25) is 10.0 Å². The van der Waals surface area contributed by atoms with E-state index in [2.05, 4.69) is 15.8 Å². The molecule has 0 saturated carbocycles. The van der Waals surface area contributed by atoms with Gasteiger partial charge in [-0.3, -0.25) is 4.79 Å². The van der Waals surface area contributed by atoms with Crippen LogP contribution in [0.2, 0.25) is 5.02 Å². The van der Waals surface area contributed by atoms with E-state index in [1.165, 1.54) is 40.5 Å². The van der Waals surface area contributed by atoms with Crippen LogP contribution in [0.15, 0.2) is 51.9 Å². The normalized spacial score (nSPS) is 20.2. The second kappa shape index (κ2) is 16.8. The summed E-state index contributed by atoms with van der Waals surface area (Å²) in [6.07, 6.45) is 1.35. The molecule has 0 unspecified atom stereocenters. The van der Waals surface area contributed by atoms with Crippen LogP contribution in [0.3, 0.4) is 0 Å².